The lowest BCUT2D eigenvalue weighted by Crippen LogP contribution is -2.55. The molecule has 0 saturated heterocycles. The molecule has 0 spiro atoms. The number of carbonyl (C=O) groups is 1. The number of para-hydroxylation sites is 1. The van der Waals surface area contributed by atoms with Gasteiger partial charge in [-0.1, -0.05) is 37.5 Å². The third kappa shape index (κ3) is 2.40. The zero-order chi connectivity index (χ0) is 14.0. The van der Waals surface area contributed by atoms with E-state index in [9.17, 15) is 4.79 Å². The first kappa shape index (κ1) is 13.4. The molecule has 0 bridgehead atoms. The van der Waals surface area contributed by atoms with Crippen molar-refractivity contribution in [1.82, 2.24) is 5.32 Å². The molecule has 1 heterocycles. The molecule has 1 aliphatic carbocycles. The zero-order valence-electron chi connectivity index (χ0n) is 11.7. The van der Waals surface area contributed by atoms with Gasteiger partial charge in [0.25, 0.3) is 0 Å². The Bertz CT molecular complexity index is 495. The predicted molar refractivity (Wildman–Crippen MR) is 77.7 cm³/mol. The van der Waals surface area contributed by atoms with Crippen LogP contribution >= 0.6 is 0 Å². The maximum absolute atomic E-state index is 12.6. The molecule has 3 N–H and O–H groups in total. The summed E-state index contributed by atoms with van der Waals surface area (Å²) < 4.78 is 5.60. The highest BCUT2D eigenvalue weighted by molar-refractivity contribution is 5.86. The summed E-state index contributed by atoms with van der Waals surface area (Å²) in [4.78, 5) is 12.6. The van der Waals surface area contributed by atoms with Gasteiger partial charge in [0.2, 0.25) is 5.91 Å². The molecule has 1 atom stereocenters. The molecular formula is C16H22N2O2. The Kier molecular flexibility index (Phi) is 3.66. The number of hydrogen-bond acceptors (Lipinski definition) is 3. The summed E-state index contributed by atoms with van der Waals surface area (Å²) in [6.07, 6.45) is 5.52. The largest absolute Gasteiger partial charge is 0.492 e. The highest BCUT2D eigenvalue weighted by atomic mass is 16.5. The molecule has 0 radical (unpaired) electrons. The highest BCUT2D eigenvalue weighted by Gasteiger charge is 2.37. The Morgan fingerprint density at radius 3 is 2.80 bits per heavy atom. The monoisotopic (exact) mass is 274 g/mol. The standard InChI is InChI=1S/C16H22N2O2/c17-11-16(8-4-1-5-9-16)18-15(19)13-10-20-14-7-3-2-6-12(13)14/h2-3,6-7,13H,1,4-5,8-11,17H2,(H,18,19). The second kappa shape index (κ2) is 5.44. The number of nitrogens with two attached hydrogens (primary N) is 1. The molecule has 20 heavy (non-hydrogen) atoms. The Morgan fingerprint density at radius 1 is 1.30 bits per heavy atom. The van der Waals surface area contributed by atoms with E-state index in [1.165, 1.54) is 6.42 Å². The van der Waals surface area contributed by atoms with E-state index < -0.39 is 0 Å². The first-order valence-electron chi connectivity index (χ1n) is 7.48. The quantitative estimate of drug-likeness (QED) is 0.885. The Balaban J connectivity index is 1.74. The first-order valence-corrected chi connectivity index (χ1v) is 7.48. The molecular weight excluding hydrogens is 252 g/mol. The van der Waals surface area contributed by atoms with Gasteiger partial charge in [0.05, 0.1) is 5.54 Å². The van der Waals surface area contributed by atoms with Gasteiger partial charge < -0.3 is 15.8 Å². The van der Waals surface area contributed by atoms with E-state index in [-0.39, 0.29) is 17.4 Å². The second-order valence-corrected chi connectivity index (χ2v) is 5.94. The molecule has 1 aromatic rings. The zero-order valence-corrected chi connectivity index (χ0v) is 11.7. The molecule has 3 rings (SSSR count). The summed E-state index contributed by atoms with van der Waals surface area (Å²) in [5, 5.41) is 3.22. The van der Waals surface area contributed by atoms with Crippen LogP contribution in [0, 0.1) is 0 Å². The Morgan fingerprint density at radius 2 is 2.05 bits per heavy atom. The fourth-order valence-electron chi connectivity index (χ4n) is 3.34. The van der Waals surface area contributed by atoms with Crippen molar-refractivity contribution < 1.29 is 9.53 Å². The normalized spacial score (nSPS) is 23.8. The fraction of sp³-hybridized carbons (Fsp3) is 0.562. The lowest BCUT2D eigenvalue weighted by Gasteiger charge is -2.37. The van der Waals surface area contributed by atoms with E-state index in [1.807, 2.05) is 24.3 Å². The molecule has 1 fully saturated rings. The van der Waals surface area contributed by atoms with Crippen LogP contribution in [-0.4, -0.2) is 24.6 Å². The average Bonchev–Trinajstić information content (AvgIpc) is 2.92. The number of amides is 1. The summed E-state index contributed by atoms with van der Waals surface area (Å²) in [7, 11) is 0. The second-order valence-electron chi connectivity index (χ2n) is 5.94. The van der Waals surface area contributed by atoms with Crippen molar-refractivity contribution in [3.8, 4) is 5.75 Å². The number of nitrogens with one attached hydrogen (secondary N) is 1. The number of carbonyl (C=O) groups excluding carboxylic acids is 1. The van der Waals surface area contributed by atoms with Gasteiger partial charge in [-0.2, -0.15) is 0 Å². The lowest BCUT2D eigenvalue weighted by atomic mass is 9.81. The number of ether oxygens (including phenoxy) is 1. The molecule has 0 aromatic heterocycles. The van der Waals surface area contributed by atoms with Crippen LogP contribution in [0.1, 0.15) is 43.6 Å². The van der Waals surface area contributed by atoms with Crippen LogP contribution in [0.4, 0.5) is 0 Å². The fourth-order valence-corrected chi connectivity index (χ4v) is 3.34. The maximum Gasteiger partial charge on any atom is 0.231 e. The van der Waals surface area contributed by atoms with E-state index >= 15 is 0 Å². The van der Waals surface area contributed by atoms with E-state index in [4.69, 9.17) is 10.5 Å². The Labute approximate surface area is 119 Å². The molecule has 108 valence electrons. The summed E-state index contributed by atoms with van der Waals surface area (Å²) in [6.45, 7) is 0.958. The average molecular weight is 274 g/mol. The molecule has 4 heteroatoms. The van der Waals surface area contributed by atoms with Crippen LogP contribution in [0.15, 0.2) is 24.3 Å². The van der Waals surface area contributed by atoms with Crippen LogP contribution in [-0.2, 0) is 4.79 Å². The molecule has 1 amide bonds. The minimum absolute atomic E-state index is 0.0577. The number of rotatable bonds is 3. The summed E-state index contributed by atoms with van der Waals surface area (Å²) in [6, 6.07) is 7.78. The Hall–Kier alpha value is -1.55. The lowest BCUT2D eigenvalue weighted by molar-refractivity contribution is -0.125. The van der Waals surface area contributed by atoms with Gasteiger partial charge in [0.1, 0.15) is 18.3 Å². The van der Waals surface area contributed by atoms with Crippen molar-refractivity contribution in [2.75, 3.05) is 13.2 Å². The van der Waals surface area contributed by atoms with E-state index in [0.717, 1.165) is 37.0 Å². The van der Waals surface area contributed by atoms with Crippen LogP contribution in [0.25, 0.3) is 0 Å². The smallest absolute Gasteiger partial charge is 0.231 e. The third-order valence-corrected chi connectivity index (χ3v) is 4.61. The molecule has 4 nitrogen and oxygen atoms in total. The van der Waals surface area contributed by atoms with Crippen molar-refractivity contribution >= 4 is 5.91 Å². The van der Waals surface area contributed by atoms with E-state index in [1.54, 1.807) is 0 Å². The highest BCUT2D eigenvalue weighted by Crippen LogP contribution is 2.35. The van der Waals surface area contributed by atoms with Crippen molar-refractivity contribution in [2.45, 2.75) is 43.6 Å². The van der Waals surface area contributed by atoms with Gasteiger partial charge in [-0.05, 0) is 18.9 Å². The third-order valence-electron chi connectivity index (χ3n) is 4.61. The molecule has 2 aliphatic rings. The number of benzene rings is 1. The summed E-state index contributed by atoms with van der Waals surface area (Å²) in [5.41, 5.74) is 6.73. The topological polar surface area (TPSA) is 64.3 Å². The van der Waals surface area contributed by atoms with E-state index in [2.05, 4.69) is 5.32 Å². The predicted octanol–water partition coefficient (Wildman–Crippen LogP) is 1.94. The first-order chi connectivity index (χ1) is 9.74. The minimum atomic E-state index is -0.202. The molecule has 1 aromatic carbocycles. The van der Waals surface area contributed by atoms with Crippen molar-refractivity contribution in [3.63, 3.8) is 0 Å². The van der Waals surface area contributed by atoms with Crippen molar-refractivity contribution in [2.24, 2.45) is 5.73 Å². The van der Waals surface area contributed by atoms with Crippen LogP contribution in [0.3, 0.4) is 0 Å². The molecule has 1 aliphatic heterocycles. The molecule has 1 saturated carbocycles. The van der Waals surface area contributed by atoms with Gasteiger partial charge in [0, 0.05) is 12.1 Å². The van der Waals surface area contributed by atoms with Gasteiger partial charge in [-0.15, -0.1) is 0 Å². The SMILES string of the molecule is NCC1(NC(=O)C2COc3ccccc32)CCCCC1. The van der Waals surface area contributed by atoms with Crippen molar-refractivity contribution in [1.29, 1.82) is 0 Å². The van der Waals surface area contributed by atoms with Gasteiger partial charge in [-0.3, -0.25) is 4.79 Å². The van der Waals surface area contributed by atoms with Gasteiger partial charge in [-0.25, -0.2) is 0 Å². The molecule has 1 unspecified atom stereocenters. The van der Waals surface area contributed by atoms with Crippen LogP contribution in [0.5, 0.6) is 5.75 Å². The maximum atomic E-state index is 12.6. The van der Waals surface area contributed by atoms with Crippen LogP contribution in [0.2, 0.25) is 0 Å². The summed E-state index contributed by atoms with van der Waals surface area (Å²) >= 11 is 0. The van der Waals surface area contributed by atoms with E-state index in [0.29, 0.717) is 13.2 Å². The number of hydrogen-bond donors (Lipinski definition) is 2. The van der Waals surface area contributed by atoms with Gasteiger partial charge in [0.15, 0.2) is 0 Å². The number of fused-ring (bicyclic) bond motifs is 1. The van der Waals surface area contributed by atoms with Crippen LogP contribution < -0.4 is 15.8 Å². The summed E-state index contributed by atoms with van der Waals surface area (Å²) in [5.74, 6) is 0.692. The minimum Gasteiger partial charge on any atom is -0.492 e. The van der Waals surface area contributed by atoms with Crippen molar-refractivity contribution in [3.05, 3.63) is 29.8 Å². The van der Waals surface area contributed by atoms with Gasteiger partial charge >= 0.3 is 0 Å².